The van der Waals surface area contributed by atoms with Crippen LogP contribution in [0.5, 0.6) is 0 Å². The molecule has 20 heavy (non-hydrogen) atoms. The van der Waals surface area contributed by atoms with Crippen molar-refractivity contribution in [3.63, 3.8) is 0 Å². The summed E-state index contributed by atoms with van der Waals surface area (Å²) >= 11 is 0. The molecule has 1 aliphatic heterocycles. The van der Waals surface area contributed by atoms with Crippen molar-refractivity contribution in [2.75, 3.05) is 13.1 Å². The lowest BCUT2D eigenvalue weighted by molar-refractivity contribution is 0.294. The van der Waals surface area contributed by atoms with Crippen LogP contribution in [0.4, 0.5) is 0 Å². The predicted octanol–water partition coefficient (Wildman–Crippen LogP) is 4.34. The second-order valence-electron chi connectivity index (χ2n) is 7.12. The van der Waals surface area contributed by atoms with Gasteiger partial charge in [-0.15, -0.1) is 0 Å². The first-order chi connectivity index (χ1) is 9.43. The van der Waals surface area contributed by atoms with E-state index in [1.807, 2.05) is 0 Å². The molecular weight excluding hydrogens is 242 g/mol. The van der Waals surface area contributed by atoms with E-state index in [2.05, 4.69) is 69.4 Å². The number of allylic oxidation sites excluding steroid dienone is 2. The molecule has 1 aliphatic carbocycles. The van der Waals surface area contributed by atoms with Gasteiger partial charge >= 0.3 is 0 Å². The third-order valence-electron chi connectivity index (χ3n) is 5.08. The maximum Gasteiger partial charge on any atom is 0.0138 e. The molecule has 2 aliphatic rings. The standard InChI is InChI=1S/C19H25N/c1-14-5-7-15(8-6-14)16-9-11-19(4)13-20-12-10-17(19)18(16,2)3/h5-10,20H,11-13H2,1-4H3/t19-/m1/s1. The molecule has 106 valence electrons. The van der Waals surface area contributed by atoms with E-state index in [-0.39, 0.29) is 10.8 Å². The van der Waals surface area contributed by atoms with Crippen LogP contribution in [0.15, 0.2) is 42.0 Å². The lowest BCUT2D eigenvalue weighted by Crippen LogP contribution is -2.44. The number of aryl methyl sites for hydroxylation is 1. The minimum atomic E-state index is 0.129. The second-order valence-corrected chi connectivity index (χ2v) is 7.12. The number of nitrogens with one attached hydrogen (secondary N) is 1. The highest BCUT2D eigenvalue weighted by atomic mass is 14.9. The number of hydrogen-bond donors (Lipinski definition) is 1. The van der Waals surface area contributed by atoms with Crippen LogP contribution >= 0.6 is 0 Å². The fourth-order valence-electron chi connectivity index (χ4n) is 4.00. The Hall–Kier alpha value is -1.34. The molecule has 1 aromatic carbocycles. The molecule has 3 rings (SSSR count). The molecule has 0 saturated carbocycles. The Morgan fingerprint density at radius 2 is 1.70 bits per heavy atom. The summed E-state index contributed by atoms with van der Waals surface area (Å²) in [5, 5.41) is 3.52. The maximum atomic E-state index is 3.52. The number of hydrogen-bond acceptors (Lipinski definition) is 1. The van der Waals surface area contributed by atoms with Crippen LogP contribution in [0.2, 0.25) is 0 Å². The first-order valence-corrected chi connectivity index (χ1v) is 7.63. The van der Waals surface area contributed by atoms with Gasteiger partial charge in [-0.3, -0.25) is 0 Å². The van der Waals surface area contributed by atoms with Gasteiger partial charge < -0.3 is 5.32 Å². The van der Waals surface area contributed by atoms with Crippen molar-refractivity contribution in [2.45, 2.75) is 34.1 Å². The molecule has 0 spiro atoms. The number of benzene rings is 1. The Labute approximate surface area is 122 Å². The summed E-state index contributed by atoms with van der Waals surface area (Å²) < 4.78 is 0. The van der Waals surface area contributed by atoms with E-state index in [9.17, 15) is 0 Å². The predicted molar refractivity (Wildman–Crippen MR) is 86.6 cm³/mol. The fraction of sp³-hybridized carbons (Fsp3) is 0.474. The van der Waals surface area contributed by atoms with Crippen LogP contribution in [0.3, 0.4) is 0 Å². The van der Waals surface area contributed by atoms with Crippen LogP contribution in [-0.4, -0.2) is 13.1 Å². The van der Waals surface area contributed by atoms with Crippen LogP contribution in [0, 0.1) is 17.8 Å². The van der Waals surface area contributed by atoms with Gasteiger partial charge in [-0.05, 0) is 24.5 Å². The highest BCUT2D eigenvalue weighted by molar-refractivity contribution is 5.75. The van der Waals surface area contributed by atoms with Gasteiger partial charge in [0.1, 0.15) is 0 Å². The van der Waals surface area contributed by atoms with Crippen molar-refractivity contribution in [3.05, 3.63) is 53.1 Å². The molecule has 1 atom stereocenters. The molecule has 1 heteroatoms. The zero-order valence-electron chi connectivity index (χ0n) is 13.1. The summed E-state index contributed by atoms with van der Waals surface area (Å²) in [6.45, 7) is 11.4. The Balaban J connectivity index is 2.07. The van der Waals surface area contributed by atoms with Gasteiger partial charge in [-0.1, -0.05) is 68.3 Å². The molecule has 0 radical (unpaired) electrons. The molecule has 0 aromatic heterocycles. The third kappa shape index (κ3) is 2.05. The Bertz CT molecular complexity index is 574. The molecule has 1 aromatic rings. The average molecular weight is 267 g/mol. The molecule has 0 fully saturated rings. The molecule has 1 N–H and O–H groups in total. The quantitative estimate of drug-likeness (QED) is 0.746. The number of fused-ring (bicyclic) bond motifs is 1. The Morgan fingerprint density at radius 1 is 1.00 bits per heavy atom. The number of rotatable bonds is 1. The minimum Gasteiger partial charge on any atom is -0.312 e. The fourth-order valence-corrected chi connectivity index (χ4v) is 4.00. The summed E-state index contributed by atoms with van der Waals surface area (Å²) in [6, 6.07) is 8.98. The zero-order chi connectivity index (χ0) is 14.4. The van der Waals surface area contributed by atoms with Crippen molar-refractivity contribution in [3.8, 4) is 0 Å². The van der Waals surface area contributed by atoms with Crippen LogP contribution in [0.1, 0.15) is 38.3 Å². The van der Waals surface area contributed by atoms with Gasteiger partial charge in [0.15, 0.2) is 0 Å². The van der Waals surface area contributed by atoms with E-state index in [0.29, 0.717) is 0 Å². The Kier molecular flexibility index (Phi) is 3.13. The van der Waals surface area contributed by atoms with Gasteiger partial charge in [0.2, 0.25) is 0 Å². The molecule has 1 nitrogen and oxygen atoms in total. The lowest BCUT2D eigenvalue weighted by atomic mass is 9.58. The van der Waals surface area contributed by atoms with Crippen LogP contribution in [-0.2, 0) is 0 Å². The van der Waals surface area contributed by atoms with Crippen LogP contribution in [0.25, 0.3) is 5.57 Å². The van der Waals surface area contributed by atoms with Crippen molar-refractivity contribution in [1.82, 2.24) is 5.32 Å². The molecule has 0 bridgehead atoms. The minimum absolute atomic E-state index is 0.129. The van der Waals surface area contributed by atoms with E-state index in [0.717, 1.165) is 19.5 Å². The first-order valence-electron chi connectivity index (χ1n) is 7.63. The smallest absolute Gasteiger partial charge is 0.0138 e. The van der Waals surface area contributed by atoms with Gasteiger partial charge in [-0.2, -0.15) is 0 Å². The summed E-state index contributed by atoms with van der Waals surface area (Å²) in [7, 11) is 0. The Morgan fingerprint density at radius 3 is 2.40 bits per heavy atom. The van der Waals surface area contributed by atoms with Gasteiger partial charge in [0.05, 0.1) is 0 Å². The summed E-state index contributed by atoms with van der Waals surface area (Å²) in [5.41, 5.74) is 6.22. The van der Waals surface area contributed by atoms with Crippen molar-refractivity contribution < 1.29 is 0 Å². The largest absolute Gasteiger partial charge is 0.312 e. The molecule has 0 amide bonds. The van der Waals surface area contributed by atoms with Gasteiger partial charge in [0.25, 0.3) is 0 Å². The normalized spacial score (nSPS) is 28.4. The van der Waals surface area contributed by atoms with E-state index in [1.165, 1.54) is 16.7 Å². The third-order valence-corrected chi connectivity index (χ3v) is 5.08. The van der Waals surface area contributed by atoms with Crippen molar-refractivity contribution >= 4 is 5.57 Å². The highest BCUT2D eigenvalue weighted by Gasteiger charge is 2.43. The topological polar surface area (TPSA) is 12.0 Å². The van der Waals surface area contributed by atoms with Gasteiger partial charge in [-0.25, -0.2) is 0 Å². The molecule has 0 unspecified atom stereocenters. The van der Waals surface area contributed by atoms with Crippen LogP contribution < -0.4 is 5.32 Å². The molecule has 1 heterocycles. The van der Waals surface area contributed by atoms with E-state index in [4.69, 9.17) is 0 Å². The van der Waals surface area contributed by atoms with Gasteiger partial charge in [0, 0.05) is 23.9 Å². The monoisotopic (exact) mass is 267 g/mol. The van der Waals surface area contributed by atoms with E-state index < -0.39 is 0 Å². The summed E-state index contributed by atoms with van der Waals surface area (Å²) in [4.78, 5) is 0. The molecular formula is C19H25N. The lowest BCUT2D eigenvalue weighted by Gasteiger charge is -2.48. The van der Waals surface area contributed by atoms with Crippen molar-refractivity contribution in [2.24, 2.45) is 10.8 Å². The summed E-state index contributed by atoms with van der Waals surface area (Å²) in [6.07, 6.45) is 6.03. The zero-order valence-corrected chi connectivity index (χ0v) is 13.1. The average Bonchev–Trinajstić information content (AvgIpc) is 2.40. The second kappa shape index (κ2) is 4.60. The van der Waals surface area contributed by atoms with Crippen molar-refractivity contribution in [1.29, 1.82) is 0 Å². The van der Waals surface area contributed by atoms with E-state index >= 15 is 0 Å². The van der Waals surface area contributed by atoms with E-state index in [1.54, 1.807) is 5.57 Å². The molecule has 0 saturated heterocycles. The first kappa shape index (κ1) is 13.6. The summed E-state index contributed by atoms with van der Waals surface area (Å²) in [5.74, 6) is 0. The maximum absolute atomic E-state index is 3.52. The SMILES string of the molecule is Cc1ccc(C2=CC[C@]3(C)CNCC=C3C2(C)C)cc1. The highest BCUT2D eigenvalue weighted by Crippen LogP contribution is 2.54.